The topological polar surface area (TPSA) is 70.6 Å². The predicted octanol–water partition coefficient (Wildman–Crippen LogP) is 2.73. The average Bonchev–Trinajstić information content (AvgIpc) is 2.73. The highest BCUT2D eigenvalue weighted by Gasteiger charge is 2.42. The SMILES string of the molecule is COc1ccc(C2CCN(c3nccc(N(C)C)n3)CC2NC(=O)C(F)(F)F)cc1F. The van der Waals surface area contributed by atoms with E-state index in [9.17, 15) is 22.4 Å². The van der Waals surface area contributed by atoms with Gasteiger partial charge in [0, 0.05) is 39.3 Å². The van der Waals surface area contributed by atoms with E-state index >= 15 is 0 Å². The van der Waals surface area contributed by atoms with Crippen LogP contribution in [-0.4, -0.2) is 62.4 Å². The second kappa shape index (κ2) is 8.94. The molecule has 1 aromatic heterocycles. The van der Waals surface area contributed by atoms with Crippen molar-refractivity contribution in [3.05, 3.63) is 41.8 Å². The summed E-state index contributed by atoms with van der Waals surface area (Å²) in [6.07, 6.45) is -3.10. The molecular weight excluding hydrogens is 418 g/mol. The Morgan fingerprint density at radius 1 is 1.29 bits per heavy atom. The lowest BCUT2D eigenvalue weighted by molar-refractivity contribution is -0.174. The Hall–Kier alpha value is -3.11. The molecule has 31 heavy (non-hydrogen) atoms. The van der Waals surface area contributed by atoms with Crippen LogP contribution in [0.2, 0.25) is 0 Å². The first-order valence-electron chi connectivity index (χ1n) is 9.56. The lowest BCUT2D eigenvalue weighted by Gasteiger charge is -2.39. The van der Waals surface area contributed by atoms with Gasteiger partial charge in [0.2, 0.25) is 5.95 Å². The summed E-state index contributed by atoms with van der Waals surface area (Å²) < 4.78 is 57.9. The van der Waals surface area contributed by atoms with E-state index in [1.807, 2.05) is 14.1 Å². The summed E-state index contributed by atoms with van der Waals surface area (Å²) in [6.45, 7) is 0.463. The number of carbonyl (C=O) groups excluding carboxylic acids is 1. The van der Waals surface area contributed by atoms with Crippen LogP contribution in [0.1, 0.15) is 17.9 Å². The Kier molecular flexibility index (Phi) is 6.51. The number of alkyl halides is 3. The molecule has 2 aromatic rings. The van der Waals surface area contributed by atoms with Crippen LogP contribution in [0.15, 0.2) is 30.5 Å². The van der Waals surface area contributed by atoms with Crippen LogP contribution in [0, 0.1) is 5.82 Å². The van der Waals surface area contributed by atoms with Gasteiger partial charge in [-0.1, -0.05) is 6.07 Å². The maximum Gasteiger partial charge on any atom is 0.471 e. The van der Waals surface area contributed by atoms with Gasteiger partial charge in [0.25, 0.3) is 0 Å². The first-order chi connectivity index (χ1) is 14.6. The van der Waals surface area contributed by atoms with Gasteiger partial charge in [-0.25, -0.2) is 9.37 Å². The standard InChI is InChI=1S/C20H23F4N5O2/c1-28(2)17-6-8-25-19(27-17)29-9-7-13(12-4-5-16(31-3)14(21)10-12)15(11-29)26-18(30)20(22,23)24/h4-6,8,10,13,15H,7,9,11H2,1-3H3,(H,26,30). The second-order valence-electron chi connectivity index (χ2n) is 7.42. The van der Waals surface area contributed by atoms with Gasteiger partial charge in [0.1, 0.15) is 5.82 Å². The molecule has 1 amide bonds. The van der Waals surface area contributed by atoms with Gasteiger partial charge in [0.15, 0.2) is 11.6 Å². The number of methoxy groups -OCH3 is 1. The number of carbonyl (C=O) groups is 1. The number of halogens is 4. The first-order valence-corrected chi connectivity index (χ1v) is 9.56. The van der Waals surface area contributed by atoms with Crippen molar-refractivity contribution >= 4 is 17.7 Å². The third kappa shape index (κ3) is 5.15. The number of piperidine rings is 1. The number of anilines is 2. The number of rotatable bonds is 5. The molecule has 0 aliphatic carbocycles. The van der Waals surface area contributed by atoms with Crippen molar-refractivity contribution in [1.29, 1.82) is 0 Å². The highest BCUT2D eigenvalue weighted by molar-refractivity contribution is 5.82. The molecule has 3 rings (SSSR count). The van der Waals surface area contributed by atoms with E-state index in [0.29, 0.717) is 30.3 Å². The van der Waals surface area contributed by atoms with Crippen LogP contribution >= 0.6 is 0 Å². The molecule has 0 bridgehead atoms. The Labute approximate surface area is 177 Å². The number of hydrogen-bond acceptors (Lipinski definition) is 6. The molecule has 1 N–H and O–H groups in total. The van der Waals surface area contributed by atoms with Crippen LogP contribution in [0.3, 0.4) is 0 Å². The zero-order valence-electron chi connectivity index (χ0n) is 17.3. The fraction of sp³-hybridized carbons (Fsp3) is 0.450. The van der Waals surface area contributed by atoms with Gasteiger partial charge in [-0.2, -0.15) is 18.2 Å². The Bertz CT molecular complexity index is 938. The maximum absolute atomic E-state index is 14.2. The molecule has 11 heteroatoms. The summed E-state index contributed by atoms with van der Waals surface area (Å²) in [7, 11) is 4.94. The minimum absolute atomic E-state index is 0.0333. The van der Waals surface area contributed by atoms with E-state index in [2.05, 4.69) is 15.3 Å². The summed E-state index contributed by atoms with van der Waals surface area (Å²) >= 11 is 0. The van der Waals surface area contributed by atoms with E-state index in [-0.39, 0.29) is 12.3 Å². The molecule has 7 nitrogen and oxygen atoms in total. The summed E-state index contributed by atoms with van der Waals surface area (Å²) in [6, 6.07) is 5.03. The van der Waals surface area contributed by atoms with E-state index < -0.39 is 29.9 Å². The molecule has 2 heterocycles. The molecule has 1 aliphatic heterocycles. The molecule has 0 saturated carbocycles. The largest absolute Gasteiger partial charge is 0.494 e. The molecule has 168 valence electrons. The molecule has 0 spiro atoms. The molecule has 1 fully saturated rings. The van der Waals surface area contributed by atoms with E-state index in [4.69, 9.17) is 4.74 Å². The van der Waals surface area contributed by atoms with Gasteiger partial charge in [-0.15, -0.1) is 0 Å². The Balaban J connectivity index is 1.89. The normalized spacial score (nSPS) is 19.1. The van der Waals surface area contributed by atoms with Gasteiger partial charge in [0.05, 0.1) is 13.2 Å². The number of aromatic nitrogens is 2. The average molecular weight is 441 g/mol. The van der Waals surface area contributed by atoms with Crippen molar-refractivity contribution in [2.75, 3.05) is 44.1 Å². The third-order valence-corrected chi connectivity index (χ3v) is 5.16. The minimum atomic E-state index is -5.03. The van der Waals surface area contributed by atoms with Crippen LogP contribution in [0.25, 0.3) is 0 Å². The number of benzene rings is 1. The molecule has 1 aromatic carbocycles. The van der Waals surface area contributed by atoms with Crippen molar-refractivity contribution in [1.82, 2.24) is 15.3 Å². The first kappa shape index (κ1) is 22.6. The summed E-state index contributed by atoms with van der Waals surface area (Å²) in [5.74, 6) is -2.17. The minimum Gasteiger partial charge on any atom is -0.494 e. The van der Waals surface area contributed by atoms with Crippen molar-refractivity contribution in [3.63, 3.8) is 0 Å². The van der Waals surface area contributed by atoms with E-state index in [0.717, 1.165) is 0 Å². The highest BCUT2D eigenvalue weighted by atomic mass is 19.4. The van der Waals surface area contributed by atoms with Crippen molar-refractivity contribution in [2.24, 2.45) is 0 Å². The van der Waals surface area contributed by atoms with Gasteiger partial charge < -0.3 is 19.9 Å². The molecule has 0 radical (unpaired) electrons. The zero-order valence-corrected chi connectivity index (χ0v) is 17.3. The van der Waals surface area contributed by atoms with Crippen LogP contribution in [0.5, 0.6) is 5.75 Å². The van der Waals surface area contributed by atoms with E-state index in [1.165, 1.54) is 19.2 Å². The van der Waals surface area contributed by atoms with Gasteiger partial charge in [-0.05, 0) is 30.2 Å². The van der Waals surface area contributed by atoms with Crippen LogP contribution in [-0.2, 0) is 4.79 Å². The summed E-state index contributed by atoms with van der Waals surface area (Å²) in [5, 5.41) is 2.07. The number of ether oxygens (including phenoxy) is 1. The quantitative estimate of drug-likeness (QED) is 0.720. The lowest BCUT2D eigenvalue weighted by Crippen LogP contribution is -2.54. The lowest BCUT2D eigenvalue weighted by atomic mass is 9.85. The van der Waals surface area contributed by atoms with Gasteiger partial charge in [-0.3, -0.25) is 4.79 Å². The zero-order chi connectivity index (χ0) is 22.8. The fourth-order valence-electron chi connectivity index (χ4n) is 3.58. The third-order valence-electron chi connectivity index (χ3n) is 5.16. The number of nitrogens with one attached hydrogen (secondary N) is 1. The van der Waals surface area contributed by atoms with Gasteiger partial charge >= 0.3 is 12.1 Å². The van der Waals surface area contributed by atoms with Crippen molar-refractivity contribution < 1.29 is 27.1 Å². The number of amides is 1. The summed E-state index contributed by atoms with van der Waals surface area (Å²) in [5.41, 5.74) is 0.480. The number of hydrogen-bond donors (Lipinski definition) is 1. The Morgan fingerprint density at radius 3 is 2.65 bits per heavy atom. The monoisotopic (exact) mass is 441 g/mol. The van der Waals surface area contributed by atoms with Crippen molar-refractivity contribution in [3.8, 4) is 5.75 Å². The molecule has 2 unspecified atom stereocenters. The molecule has 1 aliphatic rings. The van der Waals surface area contributed by atoms with Crippen LogP contribution in [0.4, 0.5) is 29.3 Å². The highest BCUT2D eigenvalue weighted by Crippen LogP contribution is 2.33. The number of nitrogens with zero attached hydrogens (tertiary/aromatic N) is 4. The Morgan fingerprint density at radius 2 is 2.03 bits per heavy atom. The summed E-state index contributed by atoms with van der Waals surface area (Å²) in [4.78, 5) is 23.8. The van der Waals surface area contributed by atoms with E-state index in [1.54, 1.807) is 28.1 Å². The predicted molar refractivity (Wildman–Crippen MR) is 107 cm³/mol. The second-order valence-corrected chi connectivity index (χ2v) is 7.42. The van der Waals surface area contributed by atoms with Crippen molar-refractivity contribution in [2.45, 2.75) is 24.6 Å². The fourth-order valence-corrected chi connectivity index (χ4v) is 3.58. The molecule has 2 atom stereocenters. The smallest absolute Gasteiger partial charge is 0.471 e. The molecular formula is C20H23F4N5O2. The van der Waals surface area contributed by atoms with Crippen LogP contribution < -0.4 is 19.9 Å². The molecule has 1 saturated heterocycles. The maximum atomic E-state index is 14.2.